The van der Waals surface area contributed by atoms with Gasteiger partial charge in [-0.05, 0) is 24.8 Å². The highest BCUT2D eigenvalue weighted by Gasteiger charge is 2.08. The van der Waals surface area contributed by atoms with Crippen LogP contribution in [0.25, 0.3) is 0 Å². The minimum atomic E-state index is 0.653. The number of hydrogen-bond acceptors (Lipinski definition) is 4. The zero-order chi connectivity index (χ0) is 11.8. The third kappa shape index (κ3) is 3.45. The van der Waals surface area contributed by atoms with Crippen LogP contribution >= 0.6 is 11.8 Å². The van der Waals surface area contributed by atoms with Crippen LogP contribution in [0.1, 0.15) is 18.9 Å². The number of oxime groups is 1. The van der Waals surface area contributed by atoms with Gasteiger partial charge >= 0.3 is 0 Å². The smallest absolute Gasteiger partial charge is 0.128 e. The molecule has 88 valence electrons. The summed E-state index contributed by atoms with van der Waals surface area (Å²) in [6.45, 7) is 2.62. The fraction of sp³-hybridized carbons (Fsp3) is 0.417. The van der Waals surface area contributed by atoms with Crippen molar-refractivity contribution in [3.05, 3.63) is 29.8 Å². The van der Waals surface area contributed by atoms with Gasteiger partial charge in [-0.15, -0.1) is 0 Å². The zero-order valence-corrected chi connectivity index (χ0v) is 10.5. The van der Waals surface area contributed by atoms with Crippen molar-refractivity contribution in [1.29, 1.82) is 0 Å². The first-order valence-corrected chi connectivity index (χ1v) is 6.65. The van der Waals surface area contributed by atoms with Gasteiger partial charge < -0.3 is 9.94 Å². The van der Waals surface area contributed by atoms with Crippen molar-refractivity contribution >= 4 is 17.5 Å². The number of ether oxygens (including phenoxy) is 1. The lowest BCUT2D eigenvalue weighted by atomic mass is 10.1. The molecule has 0 aromatic heterocycles. The van der Waals surface area contributed by atoms with Crippen LogP contribution in [0.4, 0.5) is 0 Å². The first-order valence-electron chi connectivity index (χ1n) is 5.25. The summed E-state index contributed by atoms with van der Waals surface area (Å²) in [4.78, 5) is 0. The zero-order valence-electron chi connectivity index (χ0n) is 9.64. The highest BCUT2D eigenvalue weighted by atomic mass is 32.2. The second-order valence-corrected chi connectivity index (χ2v) is 4.22. The first kappa shape index (κ1) is 12.9. The van der Waals surface area contributed by atoms with Gasteiger partial charge in [-0.25, -0.2) is 0 Å². The SMILES string of the molecule is CC/C(=N/O)c1ccccc1OCCSC. The summed E-state index contributed by atoms with van der Waals surface area (Å²) in [7, 11) is 0. The van der Waals surface area contributed by atoms with Crippen molar-refractivity contribution in [2.24, 2.45) is 5.16 Å². The average molecular weight is 239 g/mol. The van der Waals surface area contributed by atoms with Crippen LogP contribution in [0, 0.1) is 0 Å². The fourth-order valence-corrected chi connectivity index (χ4v) is 1.63. The largest absolute Gasteiger partial charge is 0.492 e. The van der Waals surface area contributed by atoms with Gasteiger partial charge in [0.2, 0.25) is 0 Å². The molecule has 0 bridgehead atoms. The Labute approximate surface area is 101 Å². The summed E-state index contributed by atoms with van der Waals surface area (Å²) in [5.74, 6) is 1.73. The highest BCUT2D eigenvalue weighted by Crippen LogP contribution is 2.20. The molecule has 0 aliphatic heterocycles. The normalized spacial score (nSPS) is 11.5. The summed E-state index contributed by atoms with van der Waals surface area (Å²) < 4.78 is 5.65. The topological polar surface area (TPSA) is 41.8 Å². The van der Waals surface area contributed by atoms with E-state index in [2.05, 4.69) is 5.16 Å². The summed E-state index contributed by atoms with van der Waals surface area (Å²) >= 11 is 1.74. The van der Waals surface area contributed by atoms with E-state index in [-0.39, 0.29) is 0 Å². The van der Waals surface area contributed by atoms with E-state index in [1.807, 2.05) is 37.4 Å². The van der Waals surface area contributed by atoms with Crippen LogP contribution in [0.15, 0.2) is 29.4 Å². The Morgan fingerprint density at radius 2 is 2.19 bits per heavy atom. The number of rotatable bonds is 6. The van der Waals surface area contributed by atoms with Gasteiger partial charge in [0.15, 0.2) is 0 Å². The monoisotopic (exact) mass is 239 g/mol. The first-order chi connectivity index (χ1) is 7.83. The van der Waals surface area contributed by atoms with Gasteiger partial charge in [0.1, 0.15) is 5.75 Å². The van der Waals surface area contributed by atoms with Crippen molar-refractivity contribution in [3.8, 4) is 5.75 Å². The molecule has 0 aliphatic carbocycles. The minimum absolute atomic E-state index is 0.653. The van der Waals surface area contributed by atoms with E-state index >= 15 is 0 Å². The molecule has 0 saturated carbocycles. The number of para-hydroxylation sites is 1. The van der Waals surface area contributed by atoms with Gasteiger partial charge in [0.25, 0.3) is 0 Å². The van der Waals surface area contributed by atoms with Crippen molar-refractivity contribution in [2.45, 2.75) is 13.3 Å². The number of benzene rings is 1. The van der Waals surface area contributed by atoms with Gasteiger partial charge in [0.05, 0.1) is 12.3 Å². The lowest BCUT2D eigenvalue weighted by Gasteiger charge is -2.10. The third-order valence-electron chi connectivity index (χ3n) is 2.20. The fourth-order valence-electron chi connectivity index (χ4n) is 1.38. The van der Waals surface area contributed by atoms with Gasteiger partial charge in [-0.3, -0.25) is 0 Å². The Morgan fingerprint density at radius 3 is 2.81 bits per heavy atom. The molecule has 0 spiro atoms. The van der Waals surface area contributed by atoms with E-state index in [9.17, 15) is 0 Å². The molecule has 1 N–H and O–H groups in total. The Kier molecular flexibility index (Phi) is 5.78. The molecule has 0 unspecified atom stereocenters. The Hall–Kier alpha value is -1.16. The van der Waals surface area contributed by atoms with E-state index in [0.29, 0.717) is 18.7 Å². The van der Waals surface area contributed by atoms with E-state index in [1.54, 1.807) is 11.8 Å². The minimum Gasteiger partial charge on any atom is -0.492 e. The molecule has 1 aromatic rings. The Balaban J connectivity index is 2.83. The standard InChI is InChI=1S/C12H17NO2S/c1-3-11(13-14)10-6-4-5-7-12(10)15-8-9-16-2/h4-7,14H,3,8-9H2,1-2H3/b13-11-. The van der Waals surface area contributed by atoms with Crippen molar-refractivity contribution in [1.82, 2.24) is 0 Å². The summed E-state index contributed by atoms with van der Waals surface area (Å²) in [5.41, 5.74) is 1.52. The maximum Gasteiger partial charge on any atom is 0.128 e. The summed E-state index contributed by atoms with van der Waals surface area (Å²) in [5, 5.41) is 12.2. The van der Waals surface area contributed by atoms with Crippen molar-refractivity contribution in [3.63, 3.8) is 0 Å². The molecule has 3 nitrogen and oxygen atoms in total. The second-order valence-electron chi connectivity index (χ2n) is 3.24. The number of thioether (sulfide) groups is 1. The predicted octanol–water partition coefficient (Wildman–Crippen LogP) is 3.02. The van der Waals surface area contributed by atoms with Crippen molar-refractivity contribution in [2.75, 3.05) is 18.6 Å². The van der Waals surface area contributed by atoms with Crippen LogP contribution in [-0.4, -0.2) is 29.5 Å². The molecule has 0 aliphatic rings. The molecular weight excluding hydrogens is 222 g/mol. The van der Waals surface area contributed by atoms with Crippen LogP contribution in [0.5, 0.6) is 5.75 Å². The third-order valence-corrected chi connectivity index (χ3v) is 2.77. The Bertz CT molecular complexity index is 353. The lowest BCUT2D eigenvalue weighted by Crippen LogP contribution is -2.06. The van der Waals surface area contributed by atoms with E-state index in [0.717, 1.165) is 17.1 Å². The molecule has 16 heavy (non-hydrogen) atoms. The number of nitrogens with zero attached hydrogens (tertiary/aromatic N) is 1. The summed E-state index contributed by atoms with van der Waals surface area (Å²) in [6.07, 6.45) is 2.72. The van der Waals surface area contributed by atoms with Crippen molar-refractivity contribution < 1.29 is 9.94 Å². The molecule has 0 amide bonds. The van der Waals surface area contributed by atoms with Crippen LogP contribution in [0.2, 0.25) is 0 Å². The molecule has 1 aromatic carbocycles. The molecular formula is C12H17NO2S. The maximum atomic E-state index is 8.90. The Morgan fingerprint density at radius 1 is 1.44 bits per heavy atom. The van der Waals surface area contributed by atoms with Gasteiger partial charge in [-0.1, -0.05) is 24.2 Å². The molecule has 4 heteroatoms. The van der Waals surface area contributed by atoms with Crippen LogP contribution in [0.3, 0.4) is 0 Å². The molecule has 0 radical (unpaired) electrons. The molecule has 1 rings (SSSR count). The van der Waals surface area contributed by atoms with E-state index < -0.39 is 0 Å². The van der Waals surface area contributed by atoms with E-state index in [4.69, 9.17) is 9.94 Å². The molecule has 0 heterocycles. The maximum absolute atomic E-state index is 8.90. The highest BCUT2D eigenvalue weighted by molar-refractivity contribution is 7.98. The second kappa shape index (κ2) is 7.17. The van der Waals surface area contributed by atoms with Crippen LogP contribution < -0.4 is 4.74 Å². The van der Waals surface area contributed by atoms with Gasteiger partial charge in [-0.2, -0.15) is 11.8 Å². The lowest BCUT2D eigenvalue weighted by molar-refractivity contribution is 0.316. The molecule has 0 fully saturated rings. The molecule has 0 atom stereocenters. The van der Waals surface area contributed by atoms with E-state index in [1.165, 1.54) is 0 Å². The molecule has 0 saturated heterocycles. The van der Waals surface area contributed by atoms with Crippen LogP contribution in [-0.2, 0) is 0 Å². The average Bonchev–Trinajstić information content (AvgIpc) is 2.33. The van der Waals surface area contributed by atoms with Gasteiger partial charge in [0, 0.05) is 11.3 Å². The summed E-state index contributed by atoms with van der Waals surface area (Å²) in [6, 6.07) is 7.64. The predicted molar refractivity (Wildman–Crippen MR) is 68.9 cm³/mol. The number of hydrogen-bond donors (Lipinski definition) is 1. The quantitative estimate of drug-likeness (QED) is 0.359.